The van der Waals surface area contributed by atoms with E-state index in [1.54, 1.807) is 18.2 Å². The zero-order chi connectivity index (χ0) is 21.3. The van der Waals surface area contributed by atoms with E-state index in [2.05, 4.69) is 25.2 Å². The zero-order valence-corrected chi connectivity index (χ0v) is 18.0. The number of carbonyl (C=O) groups is 2. The Morgan fingerprint density at radius 2 is 1.97 bits per heavy atom. The third-order valence-corrected chi connectivity index (χ3v) is 4.94. The number of aromatic nitrogens is 4. The lowest BCUT2D eigenvalue weighted by Gasteiger charge is -2.16. The number of anilines is 1. The Hall–Kier alpha value is -2.58. The fourth-order valence-electron chi connectivity index (χ4n) is 2.73. The molecule has 3 aromatic rings. The summed E-state index contributed by atoms with van der Waals surface area (Å²) in [5.74, 6) is -0.343. The number of amides is 1. The number of hydrogen-bond donors (Lipinski definition) is 2. The van der Waals surface area contributed by atoms with Crippen LogP contribution in [0.25, 0.3) is 17.0 Å². The Morgan fingerprint density at radius 3 is 2.55 bits per heavy atom. The quantitative estimate of drug-likeness (QED) is 0.581. The molecule has 0 fully saturated rings. The number of hydrogen-bond acceptors (Lipinski definition) is 5. The van der Waals surface area contributed by atoms with Gasteiger partial charge in [-0.15, -0.1) is 5.10 Å². The summed E-state index contributed by atoms with van der Waals surface area (Å²) in [6.07, 6.45) is 0.0318. The minimum atomic E-state index is -0.441. The molecule has 2 N–H and O–H groups in total. The number of ether oxygens (including phenoxy) is 1. The monoisotopic (exact) mass is 437 g/mol. The van der Waals surface area contributed by atoms with E-state index >= 15 is 0 Å². The van der Waals surface area contributed by atoms with Crippen LogP contribution in [0.2, 0.25) is 10.0 Å². The highest BCUT2D eigenvalue weighted by Crippen LogP contribution is 2.33. The van der Waals surface area contributed by atoms with Crippen molar-refractivity contribution < 1.29 is 14.3 Å². The van der Waals surface area contributed by atoms with Crippen LogP contribution < -0.4 is 5.32 Å². The maximum Gasteiger partial charge on any atom is 0.306 e. The van der Waals surface area contributed by atoms with Gasteiger partial charge in [-0.05, 0) is 18.2 Å². The van der Waals surface area contributed by atoms with Gasteiger partial charge in [-0.3, -0.25) is 14.7 Å². The van der Waals surface area contributed by atoms with Crippen molar-refractivity contribution in [2.24, 2.45) is 0 Å². The molecule has 0 radical (unpaired) electrons. The number of benzene rings is 1. The summed E-state index contributed by atoms with van der Waals surface area (Å²) in [5, 5.41) is 11.2. The molecule has 2 heterocycles. The SMILES string of the molecule is COC(=O)CCC(=O)Nc1ccc(-c2nc3c(Cl)c(C(C)(C)C)[nH]n3n2)c(Cl)c1. The molecule has 2 aromatic heterocycles. The number of esters is 1. The van der Waals surface area contributed by atoms with Crippen LogP contribution in [-0.2, 0) is 19.7 Å². The van der Waals surface area contributed by atoms with Crippen molar-refractivity contribution in [1.29, 1.82) is 0 Å². The van der Waals surface area contributed by atoms with E-state index in [0.29, 0.717) is 32.8 Å². The second-order valence-corrected chi connectivity index (χ2v) is 8.33. The first-order valence-corrected chi connectivity index (χ1v) is 9.67. The average Bonchev–Trinajstić information content (AvgIpc) is 3.19. The van der Waals surface area contributed by atoms with E-state index in [0.717, 1.165) is 5.69 Å². The van der Waals surface area contributed by atoms with Crippen LogP contribution in [0, 0.1) is 0 Å². The van der Waals surface area contributed by atoms with Gasteiger partial charge in [-0.1, -0.05) is 44.0 Å². The maximum absolute atomic E-state index is 11.9. The Bertz CT molecular complexity index is 1080. The highest BCUT2D eigenvalue weighted by atomic mass is 35.5. The fourth-order valence-corrected chi connectivity index (χ4v) is 3.44. The number of nitrogens with one attached hydrogen (secondary N) is 2. The summed E-state index contributed by atoms with van der Waals surface area (Å²) < 4.78 is 6.04. The molecule has 0 bridgehead atoms. The number of rotatable bonds is 5. The molecule has 1 amide bonds. The number of fused-ring (bicyclic) bond motifs is 1. The third kappa shape index (κ3) is 4.54. The summed E-state index contributed by atoms with van der Waals surface area (Å²) in [4.78, 5) is 27.5. The fraction of sp³-hybridized carbons (Fsp3) is 0.368. The summed E-state index contributed by atoms with van der Waals surface area (Å²) in [6.45, 7) is 6.13. The first-order valence-electron chi connectivity index (χ1n) is 8.91. The van der Waals surface area contributed by atoms with Gasteiger partial charge in [0.15, 0.2) is 11.5 Å². The molecule has 0 saturated heterocycles. The van der Waals surface area contributed by atoms with E-state index in [9.17, 15) is 9.59 Å². The van der Waals surface area contributed by atoms with Crippen molar-refractivity contribution in [2.75, 3.05) is 12.4 Å². The topological polar surface area (TPSA) is 101 Å². The molecule has 1 aromatic carbocycles. The molecular formula is C19H21Cl2N5O3. The summed E-state index contributed by atoms with van der Waals surface area (Å²) in [7, 11) is 1.28. The number of carbonyl (C=O) groups excluding carboxylic acids is 2. The van der Waals surface area contributed by atoms with Gasteiger partial charge >= 0.3 is 5.97 Å². The Morgan fingerprint density at radius 1 is 1.24 bits per heavy atom. The Kier molecular flexibility index (Phi) is 5.86. The van der Waals surface area contributed by atoms with Gasteiger partial charge in [0.1, 0.15) is 5.02 Å². The molecule has 29 heavy (non-hydrogen) atoms. The molecule has 3 rings (SSSR count). The van der Waals surface area contributed by atoms with E-state index in [1.165, 1.54) is 11.7 Å². The average molecular weight is 438 g/mol. The molecule has 0 spiro atoms. The number of H-pyrrole nitrogens is 1. The Labute approximate surface area is 177 Å². The minimum absolute atomic E-state index is 0.0100. The van der Waals surface area contributed by atoms with Crippen LogP contribution in [0.5, 0.6) is 0 Å². The third-order valence-electron chi connectivity index (χ3n) is 4.27. The molecule has 10 heteroatoms. The highest BCUT2D eigenvalue weighted by Gasteiger charge is 2.24. The van der Waals surface area contributed by atoms with Gasteiger partial charge in [-0.2, -0.15) is 4.63 Å². The molecule has 0 aliphatic heterocycles. The van der Waals surface area contributed by atoms with Crippen LogP contribution in [-0.4, -0.2) is 38.8 Å². The van der Waals surface area contributed by atoms with Crippen LogP contribution in [0.3, 0.4) is 0 Å². The largest absolute Gasteiger partial charge is 0.469 e. The number of halogens is 2. The van der Waals surface area contributed by atoms with Crippen LogP contribution in [0.1, 0.15) is 39.3 Å². The van der Waals surface area contributed by atoms with Crippen molar-refractivity contribution >= 4 is 46.4 Å². The molecule has 0 atom stereocenters. The zero-order valence-electron chi connectivity index (χ0n) is 16.5. The van der Waals surface area contributed by atoms with Gasteiger partial charge in [0.2, 0.25) is 5.91 Å². The van der Waals surface area contributed by atoms with E-state index in [1.807, 2.05) is 20.8 Å². The molecule has 0 aliphatic carbocycles. The second kappa shape index (κ2) is 8.04. The first-order chi connectivity index (χ1) is 13.6. The van der Waals surface area contributed by atoms with Crippen LogP contribution >= 0.6 is 23.2 Å². The highest BCUT2D eigenvalue weighted by molar-refractivity contribution is 6.34. The maximum atomic E-state index is 11.9. The van der Waals surface area contributed by atoms with Crippen molar-refractivity contribution in [3.63, 3.8) is 0 Å². The lowest BCUT2D eigenvalue weighted by molar-refractivity contribution is -0.141. The predicted molar refractivity (Wildman–Crippen MR) is 111 cm³/mol. The van der Waals surface area contributed by atoms with Crippen LogP contribution in [0.15, 0.2) is 18.2 Å². The number of methoxy groups -OCH3 is 1. The van der Waals surface area contributed by atoms with Crippen LogP contribution in [0.4, 0.5) is 5.69 Å². The number of aromatic amines is 1. The number of nitrogens with zero attached hydrogens (tertiary/aromatic N) is 3. The summed E-state index contributed by atoms with van der Waals surface area (Å²) in [5.41, 5.74) is 2.29. The van der Waals surface area contributed by atoms with Gasteiger partial charge in [0, 0.05) is 23.1 Å². The summed E-state index contributed by atoms with van der Waals surface area (Å²) in [6, 6.07) is 5.00. The van der Waals surface area contributed by atoms with Gasteiger partial charge in [0.05, 0.1) is 24.2 Å². The van der Waals surface area contributed by atoms with Crippen molar-refractivity contribution in [1.82, 2.24) is 19.8 Å². The molecule has 0 aliphatic rings. The van der Waals surface area contributed by atoms with E-state index in [-0.39, 0.29) is 24.2 Å². The molecule has 154 valence electrons. The van der Waals surface area contributed by atoms with Gasteiger partial charge in [0.25, 0.3) is 0 Å². The second-order valence-electron chi connectivity index (χ2n) is 7.54. The van der Waals surface area contributed by atoms with Crippen molar-refractivity contribution in [2.45, 2.75) is 39.0 Å². The lowest BCUT2D eigenvalue weighted by atomic mass is 9.92. The van der Waals surface area contributed by atoms with Crippen molar-refractivity contribution in [3.8, 4) is 11.4 Å². The Balaban J connectivity index is 1.80. The van der Waals surface area contributed by atoms with Gasteiger partial charge in [-0.25, -0.2) is 4.98 Å². The van der Waals surface area contributed by atoms with E-state index in [4.69, 9.17) is 23.2 Å². The van der Waals surface area contributed by atoms with E-state index < -0.39 is 5.97 Å². The first kappa shape index (κ1) is 21.1. The summed E-state index contributed by atoms with van der Waals surface area (Å²) >= 11 is 12.8. The van der Waals surface area contributed by atoms with Gasteiger partial charge < -0.3 is 10.1 Å². The molecular weight excluding hydrogens is 417 g/mol. The normalized spacial score (nSPS) is 11.7. The lowest BCUT2D eigenvalue weighted by Crippen LogP contribution is -2.14. The standard InChI is InChI=1S/C19H21Cl2N5O3/c1-19(2,3)16-15(21)18-23-17(25-26(18)24-16)11-6-5-10(9-12(11)20)22-13(27)7-8-14(28)29-4/h5-6,9,24H,7-8H2,1-4H3,(H,22,27). The molecule has 8 nitrogen and oxygen atoms in total. The van der Waals surface area contributed by atoms with Crippen molar-refractivity contribution in [3.05, 3.63) is 33.9 Å². The smallest absolute Gasteiger partial charge is 0.306 e. The molecule has 0 unspecified atom stereocenters. The predicted octanol–water partition coefficient (Wildman–Crippen LogP) is 4.22. The molecule has 0 saturated carbocycles. The minimum Gasteiger partial charge on any atom is -0.469 e.